The molecule has 106 valence electrons. The molecule has 0 spiro atoms. The van der Waals surface area contributed by atoms with E-state index in [0.29, 0.717) is 6.54 Å². The highest BCUT2D eigenvalue weighted by molar-refractivity contribution is 9.10. The van der Waals surface area contributed by atoms with Crippen LogP contribution in [0.4, 0.5) is 0 Å². The summed E-state index contributed by atoms with van der Waals surface area (Å²) in [6.07, 6.45) is 0.807. The molecule has 3 aromatic carbocycles. The molecular weight excluding hydrogens is 326 g/mol. The molecule has 3 rings (SSSR count). The Bertz CT molecular complexity index is 770. The second-order valence-corrected chi connectivity index (χ2v) is 5.64. The zero-order valence-corrected chi connectivity index (χ0v) is 13.1. The summed E-state index contributed by atoms with van der Waals surface area (Å²) < 4.78 is 7.07. The van der Waals surface area contributed by atoms with E-state index in [9.17, 15) is 0 Å². The molecule has 2 nitrogen and oxygen atoms in total. The maximum absolute atomic E-state index is 6.10. The van der Waals surface area contributed by atoms with Crippen LogP contribution in [0, 0.1) is 0 Å². The first-order valence-corrected chi connectivity index (χ1v) is 7.72. The number of hydrogen-bond acceptors (Lipinski definition) is 2. The predicted octanol–water partition coefficient (Wildman–Crippen LogP) is 4.90. The fourth-order valence-electron chi connectivity index (χ4n) is 2.38. The zero-order valence-electron chi connectivity index (χ0n) is 11.6. The number of halogens is 1. The summed E-state index contributed by atoms with van der Waals surface area (Å²) in [4.78, 5) is 0. The molecule has 3 aromatic rings. The quantitative estimate of drug-likeness (QED) is 0.732. The lowest BCUT2D eigenvalue weighted by atomic mass is 10.1. The Morgan fingerprint density at radius 1 is 0.857 bits per heavy atom. The Kier molecular flexibility index (Phi) is 4.23. The minimum Gasteiger partial charge on any atom is -0.456 e. The molecule has 0 fully saturated rings. The molecule has 0 aliphatic carbocycles. The van der Waals surface area contributed by atoms with E-state index in [2.05, 4.69) is 40.2 Å². The van der Waals surface area contributed by atoms with E-state index in [0.717, 1.165) is 33.3 Å². The van der Waals surface area contributed by atoms with Gasteiger partial charge >= 0.3 is 0 Å². The fraction of sp³-hybridized carbons (Fsp3) is 0.111. The lowest BCUT2D eigenvalue weighted by Crippen LogP contribution is -2.04. The van der Waals surface area contributed by atoms with E-state index in [1.165, 1.54) is 5.39 Å². The molecule has 0 atom stereocenters. The SMILES string of the molecule is NCCc1ccccc1Oc1ccc2ccccc2c1Br. The molecule has 21 heavy (non-hydrogen) atoms. The van der Waals surface area contributed by atoms with Crippen LogP contribution in [0.1, 0.15) is 5.56 Å². The summed E-state index contributed by atoms with van der Waals surface area (Å²) in [5.41, 5.74) is 6.79. The summed E-state index contributed by atoms with van der Waals surface area (Å²) in [5.74, 6) is 1.68. The number of para-hydroxylation sites is 1. The van der Waals surface area contributed by atoms with Gasteiger partial charge in [0, 0.05) is 0 Å². The highest BCUT2D eigenvalue weighted by Gasteiger charge is 2.09. The van der Waals surface area contributed by atoms with E-state index >= 15 is 0 Å². The van der Waals surface area contributed by atoms with E-state index in [1.807, 2.05) is 36.4 Å². The number of benzene rings is 3. The Morgan fingerprint density at radius 2 is 1.62 bits per heavy atom. The van der Waals surface area contributed by atoms with Gasteiger partial charge in [0.15, 0.2) is 0 Å². The lowest BCUT2D eigenvalue weighted by molar-refractivity contribution is 0.474. The zero-order chi connectivity index (χ0) is 14.7. The first kappa shape index (κ1) is 14.1. The monoisotopic (exact) mass is 341 g/mol. The molecule has 0 saturated carbocycles. The van der Waals surface area contributed by atoms with Crippen molar-refractivity contribution in [1.82, 2.24) is 0 Å². The summed E-state index contributed by atoms with van der Waals surface area (Å²) in [6.45, 7) is 0.610. The van der Waals surface area contributed by atoms with Gasteiger partial charge in [-0.1, -0.05) is 48.5 Å². The van der Waals surface area contributed by atoms with Crippen molar-refractivity contribution in [1.29, 1.82) is 0 Å². The second kappa shape index (κ2) is 6.29. The van der Waals surface area contributed by atoms with E-state index in [4.69, 9.17) is 10.5 Å². The number of ether oxygens (including phenoxy) is 1. The highest BCUT2D eigenvalue weighted by Crippen LogP contribution is 2.36. The van der Waals surface area contributed by atoms with Crippen LogP contribution in [0.2, 0.25) is 0 Å². The average molecular weight is 342 g/mol. The standard InChI is InChI=1S/C18H16BrNO/c19-18-15-7-3-1-5-13(15)9-10-17(18)21-16-8-4-2-6-14(16)11-12-20/h1-10H,11-12,20H2. The molecule has 3 heteroatoms. The predicted molar refractivity (Wildman–Crippen MR) is 90.9 cm³/mol. The highest BCUT2D eigenvalue weighted by atomic mass is 79.9. The fourth-order valence-corrected chi connectivity index (χ4v) is 2.95. The molecule has 0 aliphatic rings. The summed E-state index contributed by atoms with van der Waals surface area (Å²) in [5, 5.41) is 2.33. The van der Waals surface area contributed by atoms with Crippen LogP contribution in [0.3, 0.4) is 0 Å². The molecule has 0 amide bonds. The van der Waals surface area contributed by atoms with E-state index in [1.54, 1.807) is 0 Å². The Labute approximate surface area is 132 Å². The third kappa shape index (κ3) is 2.94. The third-order valence-corrected chi connectivity index (χ3v) is 4.25. The van der Waals surface area contributed by atoms with Crippen LogP contribution in [0.25, 0.3) is 10.8 Å². The Hall–Kier alpha value is -1.84. The van der Waals surface area contributed by atoms with Gasteiger partial charge in [-0.15, -0.1) is 0 Å². The van der Waals surface area contributed by atoms with Crippen molar-refractivity contribution in [2.24, 2.45) is 5.73 Å². The van der Waals surface area contributed by atoms with Gasteiger partial charge in [0.25, 0.3) is 0 Å². The second-order valence-electron chi connectivity index (χ2n) is 4.85. The van der Waals surface area contributed by atoms with Gasteiger partial charge in [-0.25, -0.2) is 0 Å². The lowest BCUT2D eigenvalue weighted by Gasteiger charge is -2.13. The van der Waals surface area contributed by atoms with Crippen molar-refractivity contribution in [3.8, 4) is 11.5 Å². The molecule has 0 unspecified atom stereocenters. The topological polar surface area (TPSA) is 35.2 Å². The molecule has 0 bridgehead atoms. The van der Waals surface area contributed by atoms with Crippen molar-refractivity contribution in [3.63, 3.8) is 0 Å². The third-order valence-electron chi connectivity index (χ3n) is 3.43. The van der Waals surface area contributed by atoms with Crippen LogP contribution in [0.15, 0.2) is 65.1 Å². The summed E-state index contributed by atoms with van der Waals surface area (Å²) in [6, 6.07) is 20.3. The van der Waals surface area contributed by atoms with Gasteiger partial charge in [0.05, 0.1) is 4.47 Å². The Morgan fingerprint density at radius 3 is 2.48 bits per heavy atom. The maximum Gasteiger partial charge on any atom is 0.142 e. The van der Waals surface area contributed by atoms with Crippen molar-refractivity contribution < 1.29 is 4.74 Å². The maximum atomic E-state index is 6.10. The van der Waals surface area contributed by atoms with Gasteiger partial charge in [-0.2, -0.15) is 0 Å². The molecule has 0 radical (unpaired) electrons. The average Bonchev–Trinajstić information content (AvgIpc) is 2.52. The van der Waals surface area contributed by atoms with Gasteiger partial charge in [0.1, 0.15) is 11.5 Å². The van der Waals surface area contributed by atoms with Gasteiger partial charge in [-0.05, 0) is 57.4 Å². The van der Waals surface area contributed by atoms with Crippen molar-refractivity contribution in [2.75, 3.05) is 6.54 Å². The van der Waals surface area contributed by atoms with Gasteiger partial charge in [0.2, 0.25) is 0 Å². The van der Waals surface area contributed by atoms with Gasteiger partial charge in [-0.3, -0.25) is 0 Å². The normalized spacial score (nSPS) is 10.8. The number of fused-ring (bicyclic) bond motifs is 1. The number of rotatable bonds is 4. The van der Waals surface area contributed by atoms with Crippen LogP contribution in [-0.4, -0.2) is 6.54 Å². The molecule has 0 heterocycles. The van der Waals surface area contributed by atoms with Crippen molar-refractivity contribution >= 4 is 26.7 Å². The van der Waals surface area contributed by atoms with E-state index < -0.39 is 0 Å². The van der Waals surface area contributed by atoms with Crippen molar-refractivity contribution in [2.45, 2.75) is 6.42 Å². The first-order valence-electron chi connectivity index (χ1n) is 6.92. The van der Waals surface area contributed by atoms with Crippen LogP contribution in [0.5, 0.6) is 11.5 Å². The number of hydrogen-bond donors (Lipinski definition) is 1. The Balaban J connectivity index is 2.00. The summed E-state index contributed by atoms with van der Waals surface area (Å²) >= 11 is 3.65. The largest absolute Gasteiger partial charge is 0.456 e. The van der Waals surface area contributed by atoms with Crippen molar-refractivity contribution in [3.05, 3.63) is 70.7 Å². The van der Waals surface area contributed by atoms with Crippen LogP contribution in [-0.2, 0) is 6.42 Å². The molecule has 0 aromatic heterocycles. The number of nitrogens with two attached hydrogens (primary N) is 1. The van der Waals surface area contributed by atoms with Crippen LogP contribution < -0.4 is 10.5 Å². The minimum atomic E-state index is 0.610. The first-order chi connectivity index (χ1) is 10.3. The van der Waals surface area contributed by atoms with Gasteiger partial charge < -0.3 is 10.5 Å². The molecule has 0 saturated heterocycles. The molecule has 0 aliphatic heterocycles. The molecule has 2 N–H and O–H groups in total. The molecular formula is C18H16BrNO. The van der Waals surface area contributed by atoms with E-state index in [-0.39, 0.29) is 0 Å². The summed E-state index contributed by atoms with van der Waals surface area (Å²) in [7, 11) is 0. The smallest absolute Gasteiger partial charge is 0.142 e. The minimum absolute atomic E-state index is 0.610. The van der Waals surface area contributed by atoms with Crippen LogP contribution >= 0.6 is 15.9 Å².